The predicted octanol–water partition coefficient (Wildman–Crippen LogP) is -0.470. The van der Waals surface area contributed by atoms with E-state index < -0.39 is 0 Å². The molecular formula is C12H14N6O. The van der Waals surface area contributed by atoms with Gasteiger partial charge in [0.1, 0.15) is 0 Å². The molecule has 0 radical (unpaired) electrons. The average molecular weight is 258 g/mol. The summed E-state index contributed by atoms with van der Waals surface area (Å²) in [7, 11) is 0. The summed E-state index contributed by atoms with van der Waals surface area (Å²) < 4.78 is 0. The van der Waals surface area contributed by atoms with E-state index in [0.717, 1.165) is 6.54 Å². The van der Waals surface area contributed by atoms with E-state index in [9.17, 15) is 4.79 Å². The summed E-state index contributed by atoms with van der Waals surface area (Å²) in [6, 6.07) is 7.95. The minimum atomic E-state index is -0.207. The molecule has 0 aliphatic carbocycles. The van der Waals surface area contributed by atoms with E-state index in [4.69, 9.17) is 0 Å². The van der Waals surface area contributed by atoms with Gasteiger partial charge in [0.05, 0.1) is 12.6 Å². The fourth-order valence-corrected chi connectivity index (χ4v) is 2.19. The molecular weight excluding hydrogens is 244 g/mol. The lowest BCUT2D eigenvalue weighted by Gasteiger charge is -2.25. The van der Waals surface area contributed by atoms with Crippen LogP contribution in [-0.4, -0.2) is 32.6 Å². The van der Waals surface area contributed by atoms with E-state index >= 15 is 0 Å². The molecule has 2 heterocycles. The van der Waals surface area contributed by atoms with Crippen molar-refractivity contribution < 1.29 is 4.79 Å². The first kappa shape index (κ1) is 11.8. The van der Waals surface area contributed by atoms with Crippen molar-refractivity contribution >= 4 is 5.91 Å². The van der Waals surface area contributed by atoms with E-state index in [1.54, 1.807) is 0 Å². The molecule has 0 bridgehead atoms. The van der Waals surface area contributed by atoms with Crippen LogP contribution in [0.4, 0.5) is 0 Å². The Labute approximate surface area is 109 Å². The number of nitrogens with one attached hydrogen (secondary N) is 3. The number of carbonyl (C=O) groups excluding carboxylic acids is 1. The number of rotatable bonds is 3. The number of hydrogen-bond acceptors (Lipinski definition) is 5. The van der Waals surface area contributed by atoms with Crippen molar-refractivity contribution in [2.45, 2.75) is 25.6 Å². The van der Waals surface area contributed by atoms with E-state index in [1.807, 2.05) is 12.1 Å². The molecule has 7 heteroatoms. The van der Waals surface area contributed by atoms with Crippen LogP contribution in [0.25, 0.3) is 0 Å². The van der Waals surface area contributed by atoms with Crippen LogP contribution < -0.4 is 10.6 Å². The number of aromatic amines is 1. The summed E-state index contributed by atoms with van der Waals surface area (Å²) >= 11 is 0. The zero-order valence-corrected chi connectivity index (χ0v) is 10.3. The number of H-pyrrole nitrogens is 1. The van der Waals surface area contributed by atoms with Gasteiger partial charge in [0.2, 0.25) is 5.91 Å². The van der Waals surface area contributed by atoms with Gasteiger partial charge in [0, 0.05) is 6.54 Å². The smallest absolute Gasteiger partial charge is 0.237 e. The highest BCUT2D eigenvalue weighted by Gasteiger charge is 2.23. The minimum absolute atomic E-state index is 0.0423. The Morgan fingerprint density at radius 3 is 3.00 bits per heavy atom. The van der Waals surface area contributed by atoms with Crippen LogP contribution in [0.15, 0.2) is 24.3 Å². The summed E-state index contributed by atoms with van der Waals surface area (Å²) in [6.45, 7) is 1.01. The number of hydrogen-bond donors (Lipinski definition) is 3. The number of amides is 1. The van der Waals surface area contributed by atoms with Gasteiger partial charge in [-0.1, -0.05) is 29.5 Å². The SMILES string of the molecule is O=C(NCc1nn[nH]n1)[C@@H]1Cc2ccccc2CN1. The molecule has 3 rings (SSSR count). The molecule has 1 aliphatic heterocycles. The quantitative estimate of drug-likeness (QED) is 0.692. The van der Waals surface area contributed by atoms with Crippen molar-refractivity contribution in [2.75, 3.05) is 0 Å². The number of aromatic nitrogens is 4. The monoisotopic (exact) mass is 258 g/mol. The Bertz CT molecular complexity index is 567. The molecule has 1 atom stereocenters. The van der Waals surface area contributed by atoms with E-state index in [0.29, 0.717) is 12.2 Å². The van der Waals surface area contributed by atoms with Crippen LogP contribution in [-0.2, 0) is 24.3 Å². The zero-order valence-electron chi connectivity index (χ0n) is 10.3. The Morgan fingerprint density at radius 2 is 2.21 bits per heavy atom. The second-order valence-corrected chi connectivity index (χ2v) is 4.45. The third-order valence-corrected chi connectivity index (χ3v) is 3.21. The van der Waals surface area contributed by atoms with Crippen molar-refractivity contribution in [3.05, 3.63) is 41.2 Å². The lowest BCUT2D eigenvalue weighted by Crippen LogP contribution is -2.47. The Kier molecular flexibility index (Phi) is 3.20. The van der Waals surface area contributed by atoms with E-state index in [1.165, 1.54) is 11.1 Å². The van der Waals surface area contributed by atoms with Crippen LogP contribution in [0.1, 0.15) is 17.0 Å². The zero-order chi connectivity index (χ0) is 13.1. The number of fused-ring (bicyclic) bond motifs is 1. The topological polar surface area (TPSA) is 95.6 Å². The Morgan fingerprint density at radius 1 is 1.37 bits per heavy atom. The summed E-state index contributed by atoms with van der Waals surface area (Å²) in [4.78, 5) is 12.0. The van der Waals surface area contributed by atoms with Crippen molar-refractivity contribution in [3.8, 4) is 0 Å². The predicted molar refractivity (Wildman–Crippen MR) is 66.8 cm³/mol. The first-order chi connectivity index (χ1) is 9.33. The standard InChI is InChI=1S/C12H14N6O/c19-12(14-7-11-15-17-18-16-11)10-5-8-3-1-2-4-9(8)6-13-10/h1-4,10,13H,5-7H2,(H,14,19)(H,15,16,17,18)/t10-/m0/s1. The Balaban J connectivity index is 1.60. The van der Waals surface area contributed by atoms with Crippen LogP contribution in [0.2, 0.25) is 0 Å². The Hall–Kier alpha value is -2.28. The first-order valence-electron chi connectivity index (χ1n) is 6.13. The van der Waals surface area contributed by atoms with Crippen molar-refractivity contribution in [1.29, 1.82) is 0 Å². The molecule has 0 spiro atoms. The van der Waals surface area contributed by atoms with Gasteiger partial charge >= 0.3 is 0 Å². The molecule has 19 heavy (non-hydrogen) atoms. The summed E-state index contributed by atoms with van der Waals surface area (Å²) in [6.07, 6.45) is 0.703. The lowest BCUT2D eigenvalue weighted by atomic mass is 9.95. The molecule has 0 saturated carbocycles. The third-order valence-electron chi connectivity index (χ3n) is 3.21. The van der Waals surface area contributed by atoms with Gasteiger partial charge in [0.25, 0.3) is 0 Å². The molecule has 1 aromatic heterocycles. The highest BCUT2D eigenvalue weighted by atomic mass is 16.2. The van der Waals surface area contributed by atoms with Gasteiger partial charge < -0.3 is 10.6 Å². The molecule has 2 aromatic rings. The molecule has 7 nitrogen and oxygen atoms in total. The van der Waals surface area contributed by atoms with Crippen molar-refractivity contribution in [3.63, 3.8) is 0 Å². The van der Waals surface area contributed by atoms with Crippen LogP contribution in [0, 0.1) is 0 Å². The first-order valence-corrected chi connectivity index (χ1v) is 6.13. The molecule has 3 N–H and O–H groups in total. The molecule has 1 aromatic carbocycles. The second-order valence-electron chi connectivity index (χ2n) is 4.45. The number of tetrazole rings is 1. The largest absolute Gasteiger partial charge is 0.347 e. The van der Waals surface area contributed by atoms with Gasteiger partial charge in [-0.3, -0.25) is 4.79 Å². The fourth-order valence-electron chi connectivity index (χ4n) is 2.19. The van der Waals surface area contributed by atoms with Gasteiger partial charge in [0.15, 0.2) is 5.82 Å². The second kappa shape index (κ2) is 5.15. The normalized spacial score (nSPS) is 17.8. The van der Waals surface area contributed by atoms with Crippen molar-refractivity contribution in [2.24, 2.45) is 0 Å². The minimum Gasteiger partial charge on any atom is -0.347 e. The van der Waals surface area contributed by atoms with Gasteiger partial charge in [-0.2, -0.15) is 5.21 Å². The number of benzene rings is 1. The third kappa shape index (κ3) is 2.60. The molecule has 0 fully saturated rings. The molecule has 1 amide bonds. The average Bonchev–Trinajstić information content (AvgIpc) is 2.97. The molecule has 98 valence electrons. The summed E-state index contributed by atoms with van der Waals surface area (Å²) in [5.41, 5.74) is 2.48. The van der Waals surface area contributed by atoms with Crippen LogP contribution >= 0.6 is 0 Å². The van der Waals surface area contributed by atoms with Crippen LogP contribution in [0.5, 0.6) is 0 Å². The van der Waals surface area contributed by atoms with Gasteiger partial charge in [-0.05, 0) is 17.5 Å². The molecule has 0 unspecified atom stereocenters. The fraction of sp³-hybridized carbons (Fsp3) is 0.333. The molecule has 1 aliphatic rings. The highest BCUT2D eigenvalue weighted by molar-refractivity contribution is 5.82. The van der Waals surface area contributed by atoms with Crippen LogP contribution in [0.3, 0.4) is 0 Å². The number of nitrogens with zero attached hydrogens (tertiary/aromatic N) is 3. The lowest BCUT2D eigenvalue weighted by molar-refractivity contribution is -0.123. The van der Waals surface area contributed by atoms with Crippen molar-refractivity contribution in [1.82, 2.24) is 31.3 Å². The maximum absolute atomic E-state index is 12.0. The highest BCUT2D eigenvalue weighted by Crippen LogP contribution is 2.16. The number of carbonyl (C=O) groups is 1. The van der Waals surface area contributed by atoms with Gasteiger partial charge in [-0.25, -0.2) is 0 Å². The summed E-state index contributed by atoms with van der Waals surface area (Å²) in [5, 5.41) is 19.4. The van der Waals surface area contributed by atoms with E-state index in [2.05, 4.69) is 43.4 Å². The summed E-state index contributed by atoms with van der Waals surface area (Å²) in [5.74, 6) is 0.434. The molecule has 0 saturated heterocycles. The van der Waals surface area contributed by atoms with Gasteiger partial charge in [-0.15, -0.1) is 10.2 Å². The van der Waals surface area contributed by atoms with E-state index in [-0.39, 0.29) is 18.5 Å². The maximum atomic E-state index is 12.0. The maximum Gasteiger partial charge on any atom is 0.237 e.